The van der Waals surface area contributed by atoms with E-state index in [1.807, 2.05) is 37.4 Å². The molecule has 2 rings (SSSR count). The lowest BCUT2D eigenvalue weighted by atomic mass is 10.0. The minimum atomic E-state index is -0.105. The summed E-state index contributed by atoms with van der Waals surface area (Å²) < 4.78 is 5.40. The van der Waals surface area contributed by atoms with Crippen LogP contribution in [0.3, 0.4) is 0 Å². The Balaban J connectivity index is 1.90. The first-order chi connectivity index (χ1) is 8.50. The van der Waals surface area contributed by atoms with Gasteiger partial charge >= 0.3 is 5.97 Å². The molecule has 0 amide bonds. The van der Waals surface area contributed by atoms with Crippen molar-refractivity contribution in [3.63, 3.8) is 0 Å². The van der Waals surface area contributed by atoms with Crippen molar-refractivity contribution in [3.05, 3.63) is 35.9 Å². The Morgan fingerprint density at radius 1 is 1.39 bits per heavy atom. The molecule has 0 aromatic heterocycles. The van der Waals surface area contributed by atoms with Gasteiger partial charge in [0.15, 0.2) is 0 Å². The van der Waals surface area contributed by atoms with E-state index in [-0.39, 0.29) is 17.6 Å². The van der Waals surface area contributed by atoms with Gasteiger partial charge < -0.3 is 4.74 Å². The van der Waals surface area contributed by atoms with Gasteiger partial charge in [0.05, 0.1) is 0 Å². The second-order valence-electron chi connectivity index (χ2n) is 5.57. The quantitative estimate of drug-likeness (QED) is 0.769. The van der Waals surface area contributed by atoms with Crippen LogP contribution in [0, 0.1) is 0 Å². The van der Waals surface area contributed by atoms with Crippen LogP contribution in [0.1, 0.15) is 32.3 Å². The van der Waals surface area contributed by atoms with E-state index in [0.29, 0.717) is 6.61 Å². The van der Waals surface area contributed by atoms with E-state index in [1.165, 1.54) is 0 Å². The molecule has 3 heteroatoms. The third-order valence-electron chi connectivity index (χ3n) is 3.95. The van der Waals surface area contributed by atoms with Crippen LogP contribution >= 0.6 is 0 Å². The first-order valence-corrected chi connectivity index (χ1v) is 6.44. The zero-order chi connectivity index (χ0) is 13.2. The molecule has 0 radical (unpaired) electrons. The molecule has 1 atom stereocenters. The van der Waals surface area contributed by atoms with Crippen LogP contribution in [-0.4, -0.2) is 29.5 Å². The SMILES string of the molecule is CN1C(C(=O)OCc2ccccc2)CCC1(C)C. The van der Waals surface area contributed by atoms with Gasteiger partial charge in [0.2, 0.25) is 0 Å². The van der Waals surface area contributed by atoms with Crippen LogP contribution in [0.15, 0.2) is 30.3 Å². The van der Waals surface area contributed by atoms with Crippen molar-refractivity contribution < 1.29 is 9.53 Å². The number of rotatable bonds is 3. The van der Waals surface area contributed by atoms with Gasteiger partial charge in [0.1, 0.15) is 12.6 Å². The molecule has 0 spiro atoms. The van der Waals surface area contributed by atoms with Crippen LogP contribution in [-0.2, 0) is 16.1 Å². The Labute approximate surface area is 109 Å². The highest BCUT2D eigenvalue weighted by Crippen LogP contribution is 2.32. The fourth-order valence-electron chi connectivity index (χ4n) is 2.38. The fraction of sp³-hybridized carbons (Fsp3) is 0.533. The molecule has 1 aromatic rings. The Kier molecular flexibility index (Phi) is 3.71. The largest absolute Gasteiger partial charge is 0.460 e. The number of benzene rings is 1. The molecular formula is C15H21NO2. The molecule has 1 heterocycles. The number of likely N-dealkylation sites (tertiary alicyclic amines) is 1. The molecule has 1 aromatic carbocycles. The van der Waals surface area contributed by atoms with Gasteiger partial charge in [-0.3, -0.25) is 9.69 Å². The summed E-state index contributed by atoms with van der Waals surface area (Å²) in [6, 6.07) is 9.70. The van der Waals surface area contributed by atoms with Gasteiger partial charge in [0.25, 0.3) is 0 Å². The molecule has 1 saturated heterocycles. The first kappa shape index (κ1) is 13.1. The Bertz CT molecular complexity index is 414. The standard InChI is InChI=1S/C15H21NO2/c1-15(2)10-9-13(16(15)3)14(17)18-11-12-7-5-4-6-8-12/h4-8,13H,9-11H2,1-3H3. The number of carbonyl (C=O) groups excluding carboxylic acids is 1. The molecule has 1 unspecified atom stereocenters. The lowest BCUT2D eigenvalue weighted by Crippen LogP contribution is -2.43. The average Bonchev–Trinajstić information content (AvgIpc) is 2.63. The molecule has 1 fully saturated rings. The van der Waals surface area contributed by atoms with E-state index in [0.717, 1.165) is 18.4 Å². The monoisotopic (exact) mass is 247 g/mol. The highest BCUT2D eigenvalue weighted by Gasteiger charge is 2.40. The van der Waals surface area contributed by atoms with Crippen molar-refractivity contribution in [1.29, 1.82) is 0 Å². The Hall–Kier alpha value is -1.35. The second kappa shape index (κ2) is 5.11. The van der Waals surface area contributed by atoms with Gasteiger partial charge in [-0.15, -0.1) is 0 Å². The normalized spacial score (nSPS) is 22.9. The predicted octanol–water partition coefficient (Wildman–Crippen LogP) is 2.60. The summed E-state index contributed by atoms with van der Waals surface area (Å²) in [6.07, 6.45) is 1.92. The summed E-state index contributed by atoms with van der Waals surface area (Å²) in [5.41, 5.74) is 1.13. The van der Waals surface area contributed by atoms with Crippen LogP contribution < -0.4 is 0 Å². The molecular weight excluding hydrogens is 226 g/mol. The molecule has 1 aliphatic heterocycles. The maximum Gasteiger partial charge on any atom is 0.323 e. The first-order valence-electron chi connectivity index (χ1n) is 6.44. The van der Waals surface area contributed by atoms with Crippen molar-refractivity contribution in [2.75, 3.05) is 7.05 Å². The Morgan fingerprint density at radius 3 is 2.61 bits per heavy atom. The second-order valence-corrected chi connectivity index (χ2v) is 5.57. The molecule has 0 saturated carbocycles. The van der Waals surface area contributed by atoms with Crippen LogP contribution in [0.4, 0.5) is 0 Å². The molecule has 0 bridgehead atoms. The molecule has 3 nitrogen and oxygen atoms in total. The number of hydrogen-bond donors (Lipinski definition) is 0. The predicted molar refractivity (Wildman–Crippen MR) is 71.1 cm³/mol. The van der Waals surface area contributed by atoms with Crippen LogP contribution in [0.5, 0.6) is 0 Å². The van der Waals surface area contributed by atoms with Crippen molar-refractivity contribution in [3.8, 4) is 0 Å². The number of carbonyl (C=O) groups is 1. The van der Waals surface area contributed by atoms with Gasteiger partial charge in [-0.05, 0) is 39.3 Å². The maximum atomic E-state index is 12.1. The van der Waals surface area contributed by atoms with Crippen molar-refractivity contribution in [2.45, 2.75) is 44.9 Å². The van der Waals surface area contributed by atoms with E-state index in [2.05, 4.69) is 18.7 Å². The van der Waals surface area contributed by atoms with E-state index in [1.54, 1.807) is 0 Å². The lowest BCUT2D eigenvalue weighted by Gasteiger charge is -2.30. The van der Waals surface area contributed by atoms with Crippen molar-refractivity contribution in [2.24, 2.45) is 0 Å². The highest BCUT2D eigenvalue weighted by molar-refractivity contribution is 5.76. The number of likely N-dealkylation sites (N-methyl/N-ethyl adjacent to an activating group) is 1. The van der Waals surface area contributed by atoms with E-state index >= 15 is 0 Å². The summed E-state index contributed by atoms with van der Waals surface area (Å²) in [5.74, 6) is -0.105. The summed E-state index contributed by atoms with van der Waals surface area (Å²) in [4.78, 5) is 14.2. The molecule has 1 aliphatic rings. The minimum absolute atomic E-state index is 0.0937. The zero-order valence-electron chi connectivity index (χ0n) is 11.3. The maximum absolute atomic E-state index is 12.1. The summed E-state index contributed by atoms with van der Waals surface area (Å²) in [5, 5.41) is 0. The van der Waals surface area contributed by atoms with E-state index in [4.69, 9.17) is 4.74 Å². The molecule has 0 aliphatic carbocycles. The topological polar surface area (TPSA) is 29.5 Å². The summed E-state index contributed by atoms with van der Waals surface area (Å²) in [7, 11) is 2.00. The number of nitrogens with zero attached hydrogens (tertiary/aromatic N) is 1. The molecule has 0 N–H and O–H groups in total. The van der Waals surface area contributed by atoms with Gasteiger partial charge in [-0.2, -0.15) is 0 Å². The van der Waals surface area contributed by atoms with E-state index in [9.17, 15) is 4.79 Å². The van der Waals surface area contributed by atoms with Gasteiger partial charge in [-0.25, -0.2) is 0 Å². The molecule has 98 valence electrons. The Morgan fingerprint density at radius 2 is 2.06 bits per heavy atom. The number of hydrogen-bond acceptors (Lipinski definition) is 3. The summed E-state index contributed by atoms with van der Waals surface area (Å²) >= 11 is 0. The van der Waals surface area contributed by atoms with E-state index < -0.39 is 0 Å². The number of esters is 1. The van der Waals surface area contributed by atoms with Crippen molar-refractivity contribution >= 4 is 5.97 Å². The highest BCUT2D eigenvalue weighted by atomic mass is 16.5. The fourth-order valence-corrected chi connectivity index (χ4v) is 2.38. The number of ether oxygens (including phenoxy) is 1. The molecule has 18 heavy (non-hydrogen) atoms. The van der Waals surface area contributed by atoms with Crippen LogP contribution in [0.2, 0.25) is 0 Å². The average molecular weight is 247 g/mol. The smallest absolute Gasteiger partial charge is 0.323 e. The van der Waals surface area contributed by atoms with Crippen LogP contribution in [0.25, 0.3) is 0 Å². The third-order valence-corrected chi connectivity index (χ3v) is 3.95. The third kappa shape index (κ3) is 2.72. The minimum Gasteiger partial charge on any atom is -0.460 e. The van der Waals surface area contributed by atoms with Crippen molar-refractivity contribution in [1.82, 2.24) is 4.90 Å². The lowest BCUT2D eigenvalue weighted by molar-refractivity contribution is -0.150. The van der Waals surface area contributed by atoms with Gasteiger partial charge in [0, 0.05) is 5.54 Å². The summed E-state index contributed by atoms with van der Waals surface area (Å²) in [6.45, 7) is 4.69. The van der Waals surface area contributed by atoms with Gasteiger partial charge in [-0.1, -0.05) is 30.3 Å². The zero-order valence-corrected chi connectivity index (χ0v) is 11.3.